The molecule has 0 saturated carbocycles. The van der Waals surface area contributed by atoms with Crippen molar-refractivity contribution in [3.8, 4) is 5.75 Å². The van der Waals surface area contributed by atoms with E-state index in [0.717, 1.165) is 0 Å². The molecule has 1 aromatic rings. The number of esters is 1. The molecule has 0 saturated heterocycles. The van der Waals surface area contributed by atoms with Gasteiger partial charge in [0.2, 0.25) is 0 Å². The lowest BCUT2D eigenvalue weighted by atomic mass is 10.0. The zero-order valence-electron chi connectivity index (χ0n) is 9.92. The van der Waals surface area contributed by atoms with Crippen LogP contribution in [-0.4, -0.2) is 30.8 Å². The van der Waals surface area contributed by atoms with Gasteiger partial charge in [0.05, 0.1) is 13.7 Å². The van der Waals surface area contributed by atoms with Crippen LogP contribution in [0, 0.1) is 0 Å². The lowest BCUT2D eigenvalue weighted by Crippen LogP contribution is -2.38. The van der Waals surface area contributed by atoms with Gasteiger partial charge in [-0.05, 0) is 24.6 Å². The quantitative estimate of drug-likeness (QED) is 0.736. The summed E-state index contributed by atoms with van der Waals surface area (Å²) in [5.41, 5.74) is 6.14. The molecule has 2 atom stereocenters. The number of carbonyl (C=O) groups excluding carboxylic acids is 1. The van der Waals surface area contributed by atoms with E-state index >= 15 is 0 Å². The summed E-state index contributed by atoms with van der Waals surface area (Å²) in [6.45, 7) is 1.92. The Kier molecular flexibility index (Phi) is 4.93. The van der Waals surface area contributed by atoms with Crippen LogP contribution >= 0.6 is 0 Å². The van der Waals surface area contributed by atoms with E-state index in [0.29, 0.717) is 11.3 Å². The molecule has 17 heavy (non-hydrogen) atoms. The average Bonchev–Trinajstić information content (AvgIpc) is 2.37. The van der Waals surface area contributed by atoms with Gasteiger partial charge in [-0.1, -0.05) is 12.1 Å². The lowest BCUT2D eigenvalue weighted by Gasteiger charge is -2.17. The van der Waals surface area contributed by atoms with Crippen LogP contribution in [0.5, 0.6) is 5.75 Å². The van der Waals surface area contributed by atoms with Gasteiger partial charge in [0.15, 0.2) is 0 Å². The molecule has 0 heterocycles. The number of hydrogen-bond donors (Lipinski definition) is 2. The Bertz CT molecular complexity index is 363. The maximum atomic E-state index is 11.3. The standard InChI is InChI=1S/C12H17NO4/c1-3-17-12(15)10(13)11(14)8-4-6-9(16-2)7-5-8/h4-7,10-11,14H,3,13H2,1-2H3/t10-,11-/m0/s1. The van der Waals surface area contributed by atoms with E-state index in [9.17, 15) is 9.90 Å². The molecule has 0 aliphatic rings. The van der Waals surface area contributed by atoms with Crippen molar-refractivity contribution in [3.63, 3.8) is 0 Å². The molecular weight excluding hydrogens is 222 g/mol. The molecule has 0 unspecified atom stereocenters. The van der Waals surface area contributed by atoms with Crippen molar-refractivity contribution in [2.24, 2.45) is 5.73 Å². The summed E-state index contributed by atoms with van der Waals surface area (Å²) in [4.78, 5) is 11.3. The van der Waals surface area contributed by atoms with Crippen LogP contribution in [0.25, 0.3) is 0 Å². The molecule has 1 aromatic carbocycles. The molecule has 0 amide bonds. The predicted octanol–water partition coefficient (Wildman–Crippen LogP) is 0.619. The zero-order chi connectivity index (χ0) is 12.8. The first-order valence-corrected chi connectivity index (χ1v) is 5.34. The van der Waals surface area contributed by atoms with E-state index in [-0.39, 0.29) is 6.61 Å². The monoisotopic (exact) mass is 239 g/mol. The largest absolute Gasteiger partial charge is 0.497 e. The summed E-state index contributed by atoms with van der Waals surface area (Å²) < 4.78 is 9.73. The molecule has 5 nitrogen and oxygen atoms in total. The second kappa shape index (κ2) is 6.22. The number of aliphatic hydroxyl groups is 1. The number of ether oxygens (including phenoxy) is 2. The van der Waals surface area contributed by atoms with Crippen molar-refractivity contribution in [1.29, 1.82) is 0 Å². The van der Waals surface area contributed by atoms with Crippen molar-refractivity contribution < 1.29 is 19.4 Å². The fraction of sp³-hybridized carbons (Fsp3) is 0.417. The molecule has 1 rings (SSSR count). The van der Waals surface area contributed by atoms with Crippen LogP contribution in [0.4, 0.5) is 0 Å². The van der Waals surface area contributed by atoms with Crippen LogP contribution in [0.3, 0.4) is 0 Å². The maximum Gasteiger partial charge on any atom is 0.325 e. The lowest BCUT2D eigenvalue weighted by molar-refractivity contribution is -0.147. The third-order valence-corrected chi connectivity index (χ3v) is 2.36. The topological polar surface area (TPSA) is 81.8 Å². The summed E-state index contributed by atoms with van der Waals surface area (Å²) in [6.07, 6.45) is -1.08. The van der Waals surface area contributed by atoms with Crippen molar-refractivity contribution in [2.75, 3.05) is 13.7 Å². The van der Waals surface area contributed by atoms with E-state index in [4.69, 9.17) is 15.2 Å². The van der Waals surface area contributed by atoms with Crippen molar-refractivity contribution in [1.82, 2.24) is 0 Å². The predicted molar refractivity (Wildman–Crippen MR) is 62.6 cm³/mol. The maximum absolute atomic E-state index is 11.3. The minimum atomic E-state index is -1.08. The number of carbonyl (C=O) groups is 1. The smallest absolute Gasteiger partial charge is 0.325 e. The fourth-order valence-corrected chi connectivity index (χ4v) is 1.38. The number of aliphatic hydroxyl groups excluding tert-OH is 1. The Balaban J connectivity index is 2.73. The highest BCUT2D eigenvalue weighted by Crippen LogP contribution is 2.19. The van der Waals surface area contributed by atoms with Crippen molar-refractivity contribution >= 4 is 5.97 Å². The highest BCUT2D eigenvalue weighted by Gasteiger charge is 2.25. The first-order chi connectivity index (χ1) is 8.10. The minimum Gasteiger partial charge on any atom is -0.497 e. The number of hydrogen-bond acceptors (Lipinski definition) is 5. The summed E-state index contributed by atoms with van der Waals surface area (Å²) in [5, 5.41) is 9.88. The van der Waals surface area contributed by atoms with Crippen LogP contribution in [0.2, 0.25) is 0 Å². The van der Waals surface area contributed by atoms with Gasteiger partial charge in [0.1, 0.15) is 17.9 Å². The Morgan fingerprint density at radius 2 is 2.00 bits per heavy atom. The minimum absolute atomic E-state index is 0.238. The Morgan fingerprint density at radius 1 is 1.41 bits per heavy atom. The Hall–Kier alpha value is -1.59. The Morgan fingerprint density at radius 3 is 2.47 bits per heavy atom. The van der Waals surface area contributed by atoms with Gasteiger partial charge in [-0.2, -0.15) is 0 Å². The van der Waals surface area contributed by atoms with E-state index in [1.165, 1.54) is 0 Å². The van der Waals surface area contributed by atoms with E-state index in [2.05, 4.69) is 0 Å². The van der Waals surface area contributed by atoms with Gasteiger partial charge >= 0.3 is 5.97 Å². The highest BCUT2D eigenvalue weighted by atomic mass is 16.5. The first kappa shape index (κ1) is 13.5. The van der Waals surface area contributed by atoms with Gasteiger partial charge in [-0.3, -0.25) is 4.79 Å². The summed E-state index contributed by atoms with van der Waals surface area (Å²) in [7, 11) is 1.55. The molecular formula is C12H17NO4. The van der Waals surface area contributed by atoms with Gasteiger partial charge in [0.25, 0.3) is 0 Å². The van der Waals surface area contributed by atoms with E-state index in [1.807, 2.05) is 0 Å². The molecule has 0 bridgehead atoms. The summed E-state index contributed by atoms with van der Waals surface area (Å²) in [6, 6.07) is 5.61. The van der Waals surface area contributed by atoms with Crippen molar-refractivity contribution in [2.45, 2.75) is 19.1 Å². The highest BCUT2D eigenvalue weighted by molar-refractivity contribution is 5.76. The first-order valence-electron chi connectivity index (χ1n) is 5.34. The fourth-order valence-electron chi connectivity index (χ4n) is 1.38. The molecule has 0 spiro atoms. The Labute approximate surface area is 100 Å². The molecule has 5 heteroatoms. The van der Waals surface area contributed by atoms with Crippen LogP contribution in [0.15, 0.2) is 24.3 Å². The van der Waals surface area contributed by atoms with Gasteiger partial charge in [-0.15, -0.1) is 0 Å². The number of rotatable bonds is 5. The molecule has 0 aliphatic heterocycles. The third-order valence-electron chi connectivity index (χ3n) is 2.36. The van der Waals surface area contributed by atoms with Crippen LogP contribution < -0.4 is 10.5 Å². The second-order valence-corrected chi connectivity index (χ2v) is 3.50. The van der Waals surface area contributed by atoms with E-state index < -0.39 is 18.1 Å². The van der Waals surface area contributed by atoms with Crippen LogP contribution in [-0.2, 0) is 9.53 Å². The third kappa shape index (κ3) is 3.44. The second-order valence-electron chi connectivity index (χ2n) is 3.50. The van der Waals surface area contributed by atoms with Gasteiger partial charge < -0.3 is 20.3 Å². The SMILES string of the molecule is CCOC(=O)[C@@H](N)[C@@H](O)c1ccc(OC)cc1. The summed E-state index contributed by atoms with van der Waals surface area (Å²) in [5.74, 6) is 0.0569. The van der Waals surface area contributed by atoms with Crippen LogP contribution in [0.1, 0.15) is 18.6 Å². The summed E-state index contributed by atoms with van der Waals surface area (Å²) >= 11 is 0. The zero-order valence-corrected chi connectivity index (χ0v) is 9.92. The average molecular weight is 239 g/mol. The number of benzene rings is 1. The van der Waals surface area contributed by atoms with Crippen molar-refractivity contribution in [3.05, 3.63) is 29.8 Å². The van der Waals surface area contributed by atoms with Gasteiger partial charge in [0, 0.05) is 0 Å². The normalized spacial score (nSPS) is 13.9. The van der Waals surface area contributed by atoms with E-state index in [1.54, 1.807) is 38.3 Å². The molecule has 3 N–H and O–H groups in total. The molecule has 0 aromatic heterocycles. The number of methoxy groups -OCH3 is 1. The molecule has 94 valence electrons. The molecule has 0 radical (unpaired) electrons. The number of nitrogens with two attached hydrogens (primary N) is 1. The molecule has 0 aliphatic carbocycles. The molecule has 0 fully saturated rings. The van der Waals surface area contributed by atoms with Gasteiger partial charge in [-0.25, -0.2) is 0 Å².